The van der Waals surface area contributed by atoms with Crippen molar-refractivity contribution in [1.29, 1.82) is 0 Å². The number of hydrogen-bond donors (Lipinski definition) is 3. The van der Waals surface area contributed by atoms with Crippen molar-refractivity contribution in [2.24, 2.45) is 5.92 Å². The van der Waals surface area contributed by atoms with Crippen LogP contribution in [0, 0.1) is 17.6 Å². The summed E-state index contributed by atoms with van der Waals surface area (Å²) in [5.74, 6) is -0.165. The molecule has 2 aliphatic heterocycles. The molecule has 3 aromatic rings. The van der Waals surface area contributed by atoms with Crippen molar-refractivity contribution in [2.75, 3.05) is 43.0 Å². The van der Waals surface area contributed by atoms with Gasteiger partial charge in [0.15, 0.2) is 0 Å². The van der Waals surface area contributed by atoms with Crippen LogP contribution in [0.1, 0.15) is 64.1 Å². The number of carbonyl (C=O) groups is 2. The fraction of sp³-hybridized carbons (Fsp3) is 0.543. The second kappa shape index (κ2) is 15.4. The van der Waals surface area contributed by atoms with Gasteiger partial charge < -0.3 is 29.6 Å². The summed E-state index contributed by atoms with van der Waals surface area (Å²) in [7, 11) is 0. The third-order valence-electron chi connectivity index (χ3n) is 9.60. The minimum atomic E-state index is -0.645. The number of likely N-dealkylation sites (tertiary alicyclic amines) is 1. The van der Waals surface area contributed by atoms with Crippen LogP contribution < -0.4 is 25.8 Å². The lowest BCUT2D eigenvalue weighted by Crippen LogP contribution is -2.48. The molecule has 3 aliphatic rings. The highest BCUT2D eigenvalue weighted by Gasteiger charge is 2.30. The summed E-state index contributed by atoms with van der Waals surface area (Å²) in [5, 5.41) is 5.14. The smallest absolute Gasteiger partial charge is 0.261 e. The maximum absolute atomic E-state index is 15.2. The lowest BCUT2D eigenvalue weighted by atomic mass is 9.98. The molecule has 2 amide bonds. The number of piperidine rings is 2. The number of aromatic amines is 1. The summed E-state index contributed by atoms with van der Waals surface area (Å²) < 4.78 is 41.7. The number of amides is 2. The van der Waals surface area contributed by atoms with Crippen LogP contribution >= 0.6 is 0 Å². The lowest BCUT2D eigenvalue weighted by molar-refractivity contribution is -0.125. The number of fused-ring (bicyclic) bond motifs is 1. The summed E-state index contributed by atoms with van der Waals surface area (Å²) in [4.78, 5) is 47.2. The monoisotopic (exact) mass is 666 g/mol. The van der Waals surface area contributed by atoms with Gasteiger partial charge in [-0.25, -0.2) is 13.8 Å². The predicted octanol–water partition coefficient (Wildman–Crippen LogP) is 4.49. The zero-order chi connectivity index (χ0) is 33.6. The molecule has 1 saturated carbocycles. The number of hydrogen-bond acceptors (Lipinski definition) is 9. The average molecular weight is 667 g/mol. The molecule has 0 bridgehead atoms. The Balaban J connectivity index is 0.964. The topological polar surface area (TPSA) is 129 Å². The van der Waals surface area contributed by atoms with E-state index < -0.39 is 23.3 Å². The third-order valence-corrected chi connectivity index (χ3v) is 9.60. The van der Waals surface area contributed by atoms with E-state index >= 15 is 4.39 Å². The van der Waals surface area contributed by atoms with E-state index in [1.54, 1.807) is 18.2 Å². The van der Waals surface area contributed by atoms with Crippen molar-refractivity contribution in [3.8, 4) is 5.75 Å². The van der Waals surface area contributed by atoms with Crippen molar-refractivity contribution in [2.45, 2.75) is 83.1 Å². The molecule has 1 atom stereocenters. The van der Waals surface area contributed by atoms with E-state index in [1.807, 2.05) is 6.92 Å². The Morgan fingerprint density at radius 1 is 1.06 bits per heavy atom. The van der Waals surface area contributed by atoms with E-state index in [0.29, 0.717) is 54.3 Å². The number of anilines is 2. The standard InChI is InChI=1S/C35H44F2N6O5/c1-2-3-29(34(45)38-21-44)39-23-6-7-31(27(36)16-23)43-12-8-24(9-13-43)42-14-10-25(11-15-42)48-20-32-40-30-18-26(47-19-22-4-5-22)17-28(37)33(30)35(46)41-32/h6-7,16-18,21-22,24-25,29,39H,2-5,8-15,19-20H2,1H3,(H,38,44,45)(H,40,41,46). The number of carbonyl (C=O) groups excluding carboxylic acids is 2. The first-order valence-electron chi connectivity index (χ1n) is 17.1. The molecule has 13 heteroatoms. The number of nitrogens with one attached hydrogen (secondary N) is 3. The SMILES string of the molecule is CCCC(Nc1ccc(N2CCC(N3CCC(OCc4nc5cc(OCC6CC6)cc(F)c5c(=O)[nH]4)CC3)CC2)c(F)c1)C(=O)NC=O. The molecule has 258 valence electrons. The Hall–Kier alpha value is -4.10. The lowest BCUT2D eigenvalue weighted by Gasteiger charge is -2.42. The second-order valence-corrected chi connectivity index (χ2v) is 13.1. The van der Waals surface area contributed by atoms with Crippen LogP contribution in [0.2, 0.25) is 0 Å². The number of aromatic nitrogens is 2. The van der Waals surface area contributed by atoms with Crippen molar-refractivity contribution in [3.05, 3.63) is 58.1 Å². The molecule has 0 spiro atoms. The van der Waals surface area contributed by atoms with Gasteiger partial charge in [-0.3, -0.25) is 19.7 Å². The first-order valence-corrected chi connectivity index (χ1v) is 17.1. The van der Waals surface area contributed by atoms with E-state index in [1.165, 1.54) is 12.1 Å². The fourth-order valence-electron chi connectivity index (χ4n) is 6.74. The molecule has 1 unspecified atom stereocenters. The number of rotatable bonds is 14. The molecule has 2 aromatic carbocycles. The minimum absolute atomic E-state index is 0.0231. The first-order chi connectivity index (χ1) is 23.3. The highest BCUT2D eigenvalue weighted by molar-refractivity contribution is 5.91. The van der Waals surface area contributed by atoms with E-state index in [9.17, 15) is 18.8 Å². The number of benzene rings is 2. The summed E-state index contributed by atoms with van der Waals surface area (Å²) in [5.41, 5.74) is 0.771. The molecule has 6 rings (SSSR count). The zero-order valence-corrected chi connectivity index (χ0v) is 27.3. The quantitative estimate of drug-likeness (QED) is 0.213. The Morgan fingerprint density at radius 2 is 1.83 bits per heavy atom. The highest BCUT2D eigenvalue weighted by atomic mass is 19.1. The molecular weight excluding hydrogens is 622 g/mol. The number of nitrogens with zero attached hydrogens (tertiary/aromatic N) is 3. The van der Waals surface area contributed by atoms with Crippen LogP contribution in [-0.2, 0) is 20.9 Å². The van der Waals surface area contributed by atoms with E-state index in [4.69, 9.17) is 9.47 Å². The Labute approximate surface area is 278 Å². The van der Waals surface area contributed by atoms with Gasteiger partial charge in [-0.15, -0.1) is 0 Å². The van der Waals surface area contributed by atoms with Crippen LogP contribution in [-0.4, -0.2) is 78.2 Å². The van der Waals surface area contributed by atoms with Crippen LogP contribution in [0.15, 0.2) is 35.1 Å². The summed E-state index contributed by atoms with van der Waals surface area (Å²) in [6.07, 6.45) is 7.40. The Morgan fingerprint density at radius 3 is 2.52 bits per heavy atom. The summed E-state index contributed by atoms with van der Waals surface area (Å²) >= 11 is 0. The molecule has 2 saturated heterocycles. The van der Waals surface area contributed by atoms with Crippen LogP contribution in [0.5, 0.6) is 5.75 Å². The van der Waals surface area contributed by atoms with Gasteiger partial charge in [0.2, 0.25) is 12.3 Å². The summed E-state index contributed by atoms with van der Waals surface area (Å²) in [6, 6.07) is 7.58. The molecule has 0 radical (unpaired) electrons. The Bertz CT molecular complexity index is 1650. The highest BCUT2D eigenvalue weighted by Crippen LogP contribution is 2.31. The molecule has 3 fully saturated rings. The molecule has 1 aromatic heterocycles. The van der Waals surface area contributed by atoms with Crippen LogP contribution in [0.25, 0.3) is 10.9 Å². The van der Waals surface area contributed by atoms with E-state index in [2.05, 4.69) is 30.4 Å². The van der Waals surface area contributed by atoms with E-state index in [-0.39, 0.29) is 29.4 Å². The molecule has 48 heavy (non-hydrogen) atoms. The van der Waals surface area contributed by atoms with Gasteiger partial charge in [-0.2, -0.15) is 0 Å². The van der Waals surface area contributed by atoms with Gasteiger partial charge in [-0.1, -0.05) is 13.3 Å². The fourth-order valence-corrected chi connectivity index (χ4v) is 6.74. The maximum atomic E-state index is 15.2. The zero-order valence-electron chi connectivity index (χ0n) is 27.3. The number of ether oxygens (including phenoxy) is 2. The normalized spacial score (nSPS) is 18.5. The molecular formula is C35H44F2N6O5. The third kappa shape index (κ3) is 8.30. The van der Waals surface area contributed by atoms with Crippen molar-refractivity contribution >= 4 is 34.6 Å². The largest absolute Gasteiger partial charge is 0.493 e. The van der Waals surface area contributed by atoms with E-state index in [0.717, 1.165) is 71.1 Å². The van der Waals surface area contributed by atoms with Crippen molar-refractivity contribution in [1.82, 2.24) is 20.2 Å². The van der Waals surface area contributed by atoms with Crippen LogP contribution in [0.4, 0.5) is 20.2 Å². The van der Waals surface area contributed by atoms with Gasteiger partial charge in [0.05, 0.1) is 23.9 Å². The number of halogens is 2. The average Bonchev–Trinajstić information content (AvgIpc) is 3.91. The van der Waals surface area contributed by atoms with Gasteiger partial charge in [0, 0.05) is 50.0 Å². The number of H-pyrrole nitrogens is 1. The van der Waals surface area contributed by atoms with Crippen molar-refractivity contribution in [3.63, 3.8) is 0 Å². The van der Waals surface area contributed by atoms with Crippen LogP contribution in [0.3, 0.4) is 0 Å². The Kier molecular flexibility index (Phi) is 10.9. The first kappa shape index (κ1) is 33.8. The van der Waals surface area contributed by atoms with Gasteiger partial charge in [0.1, 0.15) is 41.2 Å². The molecule has 3 heterocycles. The molecule has 1 aliphatic carbocycles. The predicted molar refractivity (Wildman–Crippen MR) is 178 cm³/mol. The molecule has 3 N–H and O–H groups in total. The minimum Gasteiger partial charge on any atom is -0.493 e. The summed E-state index contributed by atoms with van der Waals surface area (Å²) in [6.45, 7) is 5.85. The second-order valence-electron chi connectivity index (χ2n) is 13.1. The number of imide groups is 1. The molecule has 11 nitrogen and oxygen atoms in total. The van der Waals surface area contributed by atoms with Crippen molar-refractivity contribution < 1.29 is 27.8 Å². The van der Waals surface area contributed by atoms with Gasteiger partial charge in [-0.05, 0) is 69.1 Å². The van der Waals surface area contributed by atoms with Gasteiger partial charge >= 0.3 is 0 Å². The maximum Gasteiger partial charge on any atom is 0.261 e. The van der Waals surface area contributed by atoms with Gasteiger partial charge in [0.25, 0.3) is 5.56 Å².